The second kappa shape index (κ2) is 7.94. The summed E-state index contributed by atoms with van der Waals surface area (Å²) in [5, 5.41) is 4.23. The first kappa shape index (κ1) is 15.7. The molecule has 0 aliphatic rings. The molecule has 0 saturated heterocycles. The van der Waals surface area contributed by atoms with Gasteiger partial charge in [0.15, 0.2) is 0 Å². The van der Waals surface area contributed by atoms with Crippen LogP contribution in [-0.4, -0.2) is 7.11 Å². The predicted molar refractivity (Wildman–Crippen MR) is 90.3 cm³/mol. The molecule has 0 radical (unpaired) electrons. The number of rotatable bonds is 7. The summed E-state index contributed by atoms with van der Waals surface area (Å²) in [6.07, 6.45) is 3.48. The van der Waals surface area contributed by atoms with E-state index in [0.717, 1.165) is 12.1 Å². The first-order chi connectivity index (χ1) is 10.2. The standard InChI is InChI=1S/C18H22ClNO/c1-3-4-10-17(14-8-6-5-7-9-14)20-15-11-12-16(19)18(13-15)21-2/h5-9,11-13,17,20H,3-4,10H2,1-2H3. The Balaban J connectivity index is 2.18. The fraction of sp³-hybridized carbons (Fsp3) is 0.333. The summed E-state index contributed by atoms with van der Waals surface area (Å²) in [4.78, 5) is 0. The molecule has 1 unspecified atom stereocenters. The Kier molecular flexibility index (Phi) is 5.94. The van der Waals surface area contributed by atoms with Crippen LogP contribution in [0.25, 0.3) is 0 Å². The zero-order valence-electron chi connectivity index (χ0n) is 12.6. The Morgan fingerprint density at radius 2 is 1.90 bits per heavy atom. The topological polar surface area (TPSA) is 21.3 Å². The smallest absolute Gasteiger partial charge is 0.139 e. The molecule has 0 bridgehead atoms. The molecule has 2 aromatic rings. The summed E-state index contributed by atoms with van der Waals surface area (Å²) in [6.45, 7) is 2.22. The third-order valence-corrected chi connectivity index (χ3v) is 3.85. The number of nitrogens with one attached hydrogen (secondary N) is 1. The third-order valence-electron chi connectivity index (χ3n) is 3.54. The van der Waals surface area contributed by atoms with E-state index in [1.54, 1.807) is 7.11 Å². The molecule has 0 fully saturated rings. The van der Waals surface area contributed by atoms with Crippen molar-refractivity contribution in [2.24, 2.45) is 0 Å². The average Bonchev–Trinajstić information content (AvgIpc) is 2.53. The van der Waals surface area contributed by atoms with Crippen LogP contribution in [0.2, 0.25) is 5.02 Å². The van der Waals surface area contributed by atoms with Crippen LogP contribution in [0.5, 0.6) is 5.75 Å². The Bertz CT molecular complexity index is 556. The lowest BCUT2D eigenvalue weighted by molar-refractivity contribution is 0.415. The van der Waals surface area contributed by atoms with Crippen LogP contribution in [0.1, 0.15) is 37.8 Å². The van der Waals surface area contributed by atoms with E-state index in [1.807, 2.05) is 24.3 Å². The summed E-state index contributed by atoms with van der Waals surface area (Å²) in [7, 11) is 1.64. The molecule has 2 rings (SSSR count). The second-order valence-electron chi connectivity index (χ2n) is 5.10. The van der Waals surface area contributed by atoms with E-state index in [0.29, 0.717) is 16.8 Å². The first-order valence-corrected chi connectivity index (χ1v) is 7.77. The van der Waals surface area contributed by atoms with E-state index in [-0.39, 0.29) is 0 Å². The van der Waals surface area contributed by atoms with Gasteiger partial charge in [-0.3, -0.25) is 0 Å². The van der Waals surface area contributed by atoms with Crippen molar-refractivity contribution in [3.8, 4) is 5.75 Å². The number of hydrogen-bond donors (Lipinski definition) is 1. The highest BCUT2D eigenvalue weighted by Crippen LogP contribution is 2.30. The number of halogens is 1. The maximum atomic E-state index is 6.08. The number of hydrogen-bond acceptors (Lipinski definition) is 2. The quantitative estimate of drug-likeness (QED) is 0.709. The van der Waals surface area contributed by atoms with Crippen LogP contribution in [0.4, 0.5) is 5.69 Å². The summed E-state index contributed by atoms with van der Waals surface area (Å²) in [5.41, 5.74) is 2.33. The van der Waals surface area contributed by atoms with Crippen molar-refractivity contribution in [1.82, 2.24) is 0 Å². The van der Waals surface area contributed by atoms with Gasteiger partial charge >= 0.3 is 0 Å². The molecule has 0 spiro atoms. The van der Waals surface area contributed by atoms with Gasteiger partial charge in [0.05, 0.1) is 18.2 Å². The van der Waals surface area contributed by atoms with Crippen LogP contribution < -0.4 is 10.1 Å². The van der Waals surface area contributed by atoms with Crippen LogP contribution >= 0.6 is 11.6 Å². The largest absolute Gasteiger partial charge is 0.495 e. The summed E-state index contributed by atoms with van der Waals surface area (Å²) < 4.78 is 5.28. The maximum absolute atomic E-state index is 6.08. The van der Waals surface area contributed by atoms with E-state index < -0.39 is 0 Å². The van der Waals surface area contributed by atoms with Gasteiger partial charge in [-0.2, -0.15) is 0 Å². The molecule has 0 amide bonds. The maximum Gasteiger partial charge on any atom is 0.139 e. The number of methoxy groups -OCH3 is 1. The number of anilines is 1. The summed E-state index contributed by atoms with van der Waals surface area (Å²) in [5.74, 6) is 0.698. The number of ether oxygens (including phenoxy) is 1. The molecule has 0 aliphatic carbocycles. The molecule has 2 aromatic carbocycles. The normalized spacial score (nSPS) is 12.0. The minimum absolute atomic E-state index is 0.303. The monoisotopic (exact) mass is 303 g/mol. The van der Waals surface area contributed by atoms with Crippen molar-refractivity contribution in [1.29, 1.82) is 0 Å². The van der Waals surface area contributed by atoms with Crippen molar-refractivity contribution in [3.63, 3.8) is 0 Å². The van der Waals surface area contributed by atoms with Gasteiger partial charge in [0, 0.05) is 11.8 Å². The van der Waals surface area contributed by atoms with Crippen molar-refractivity contribution in [2.75, 3.05) is 12.4 Å². The molecule has 21 heavy (non-hydrogen) atoms. The molecule has 0 saturated carbocycles. The highest BCUT2D eigenvalue weighted by Gasteiger charge is 2.11. The van der Waals surface area contributed by atoms with Crippen molar-refractivity contribution in [3.05, 3.63) is 59.1 Å². The molecule has 1 N–H and O–H groups in total. The predicted octanol–water partition coefficient (Wildman–Crippen LogP) is 5.69. The molecule has 0 aliphatic heterocycles. The van der Waals surface area contributed by atoms with Crippen LogP contribution in [0.15, 0.2) is 48.5 Å². The zero-order valence-corrected chi connectivity index (χ0v) is 13.4. The van der Waals surface area contributed by atoms with Gasteiger partial charge in [-0.1, -0.05) is 61.7 Å². The average molecular weight is 304 g/mol. The summed E-state index contributed by atoms with van der Waals surface area (Å²) in [6, 6.07) is 16.7. The fourth-order valence-corrected chi connectivity index (χ4v) is 2.56. The zero-order chi connectivity index (χ0) is 15.1. The van der Waals surface area contributed by atoms with E-state index in [9.17, 15) is 0 Å². The van der Waals surface area contributed by atoms with Gasteiger partial charge in [0.2, 0.25) is 0 Å². The molecule has 0 aromatic heterocycles. The highest BCUT2D eigenvalue weighted by atomic mass is 35.5. The SMILES string of the molecule is CCCCC(Nc1ccc(Cl)c(OC)c1)c1ccccc1. The van der Waals surface area contributed by atoms with E-state index in [1.165, 1.54) is 18.4 Å². The van der Waals surface area contributed by atoms with Gasteiger partial charge < -0.3 is 10.1 Å². The molecular formula is C18H22ClNO. The van der Waals surface area contributed by atoms with Crippen molar-refractivity contribution >= 4 is 17.3 Å². The minimum atomic E-state index is 0.303. The Labute approximate surface area is 132 Å². The molecule has 0 heterocycles. The Morgan fingerprint density at radius 3 is 2.57 bits per heavy atom. The summed E-state index contributed by atoms with van der Waals surface area (Å²) >= 11 is 6.08. The number of unbranched alkanes of at least 4 members (excludes halogenated alkanes) is 1. The van der Waals surface area contributed by atoms with Crippen LogP contribution in [0.3, 0.4) is 0 Å². The van der Waals surface area contributed by atoms with Crippen LogP contribution in [0, 0.1) is 0 Å². The van der Waals surface area contributed by atoms with E-state index in [4.69, 9.17) is 16.3 Å². The molecule has 1 atom stereocenters. The minimum Gasteiger partial charge on any atom is -0.495 e. The number of benzene rings is 2. The first-order valence-electron chi connectivity index (χ1n) is 7.39. The Hall–Kier alpha value is -1.67. The second-order valence-corrected chi connectivity index (χ2v) is 5.51. The lowest BCUT2D eigenvalue weighted by Crippen LogP contribution is -2.10. The lowest BCUT2D eigenvalue weighted by atomic mass is 10.0. The van der Waals surface area contributed by atoms with Crippen molar-refractivity contribution < 1.29 is 4.74 Å². The van der Waals surface area contributed by atoms with Gasteiger partial charge in [0.25, 0.3) is 0 Å². The molecular weight excluding hydrogens is 282 g/mol. The fourth-order valence-electron chi connectivity index (χ4n) is 2.37. The molecule has 3 heteroatoms. The van der Waals surface area contributed by atoms with Gasteiger partial charge in [0.1, 0.15) is 5.75 Å². The van der Waals surface area contributed by atoms with Gasteiger partial charge in [-0.15, -0.1) is 0 Å². The highest BCUT2D eigenvalue weighted by molar-refractivity contribution is 6.32. The van der Waals surface area contributed by atoms with Crippen LogP contribution in [-0.2, 0) is 0 Å². The van der Waals surface area contributed by atoms with E-state index >= 15 is 0 Å². The van der Waals surface area contributed by atoms with Gasteiger partial charge in [-0.25, -0.2) is 0 Å². The molecule has 112 valence electrons. The van der Waals surface area contributed by atoms with Crippen molar-refractivity contribution in [2.45, 2.75) is 32.2 Å². The molecule has 2 nitrogen and oxygen atoms in total. The lowest BCUT2D eigenvalue weighted by Gasteiger charge is -2.21. The van der Waals surface area contributed by atoms with E-state index in [2.05, 4.69) is 36.5 Å². The third kappa shape index (κ3) is 4.40. The van der Waals surface area contributed by atoms with Gasteiger partial charge in [-0.05, 0) is 24.1 Å². The Morgan fingerprint density at radius 1 is 1.14 bits per heavy atom.